The summed E-state index contributed by atoms with van der Waals surface area (Å²) < 4.78 is 1.46. The van der Waals surface area contributed by atoms with Gasteiger partial charge in [-0.3, -0.25) is 14.2 Å². The fraction of sp³-hybridized carbons (Fsp3) is 0.409. The zero-order chi connectivity index (χ0) is 19.8. The lowest BCUT2D eigenvalue weighted by atomic mass is 9.92. The molecule has 2 aromatic heterocycles. The van der Waals surface area contributed by atoms with E-state index >= 15 is 0 Å². The fourth-order valence-corrected chi connectivity index (χ4v) is 5.04. The lowest BCUT2D eigenvalue weighted by Crippen LogP contribution is -2.44. The van der Waals surface area contributed by atoms with Gasteiger partial charge in [0, 0.05) is 24.0 Å². The Bertz CT molecular complexity index is 1060. The van der Waals surface area contributed by atoms with Gasteiger partial charge in [-0.05, 0) is 30.7 Å². The normalized spacial score (nSPS) is 19.9. The molecule has 1 aliphatic heterocycles. The Morgan fingerprint density at radius 2 is 1.86 bits per heavy atom. The number of aryl methyl sites for hydroxylation is 1. The summed E-state index contributed by atoms with van der Waals surface area (Å²) in [6.07, 6.45) is 2.65. The first-order chi connectivity index (χ1) is 13.4. The van der Waals surface area contributed by atoms with Crippen molar-refractivity contribution in [3.05, 3.63) is 51.9 Å². The van der Waals surface area contributed by atoms with Crippen molar-refractivity contribution in [2.75, 3.05) is 13.1 Å². The van der Waals surface area contributed by atoms with Gasteiger partial charge in [0.1, 0.15) is 11.4 Å². The SMILES string of the molecule is Cc1ccc(-c2csc3ncn(CC(=O)N4C[C@H](C)C[C@@H](C)C4)c(=O)c23)cc1. The lowest BCUT2D eigenvalue weighted by molar-refractivity contribution is -0.134. The molecule has 3 aromatic rings. The molecule has 0 spiro atoms. The molecular formula is C22H25N3O2S. The number of amides is 1. The summed E-state index contributed by atoms with van der Waals surface area (Å²) in [5, 5.41) is 2.58. The second-order valence-electron chi connectivity index (χ2n) is 8.12. The third-order valence-electron chi connectivity index (χ3n) is 5.45. The van der Waals surface area contributed by atoms with Gasteiger partial charge in [-0.15, -0.1) is 11.3 Å². The number of benzene rings is 1. The molecule has 3 heterocycles. The van der Waals surface area contributed by atoms with Crippen LogP contribution in [0.15, 0.2) is 40.8 Å². The van der Waals surface area contributed by atoms with Crippen LogP contribution < -0.4 is 5.56 Å². The van der Waals surface area contributed by atoms with E-state index in [4.69, 9.17) is 0 Å². The van der Waals surface area contributed by atoms with Crippen LogP contribution in [-0.4, -0.2) is 33.4 Å². The highest BCUT2D eigenvalue weighted by Crippen LogP contribution is 2.30. The van der Waals surface area contributed by atoms with Gasteiger partial charge >= 0.3 is 0 Å². The van der Waals surface area contributed by atoms with Gasteiger partial charge in [-0.1, -0.05) is 43.7 Å². The molecule has 1 fully saturated rings. The Hall–Kier alpha value is -2.47. The van der Waals surface area contributed by atoms with Gasteiger partial charge in [0.15, 0.2) is 0 Å². The maximum Gasteiger partial charge on any atom is 0.263 e. The first kappa shape index (κ1) is 18.9. The van der Waals surface area contributed by atoms with Crippen LogP contribution in [0.3, 0.4) is 0 Å². The molecule has 1 aromatic carbocycles. The van der Waals surface area contributed by atoms with Crippen molar-refractivity contribution in [2.24, 2.45) is 11.8 Å². The maximum absolute atomic E-state index is 13.2. The second-order valence-corrected chi connectivity index (χ2v) is 8.98. The number of piperidine rings is 1. The summed E-state index contributed by atoms with van der Waals surface area (Å²) >= 11 is 1.46. The molecule has 4 rings (SSSR count). The molecule has 0 unspecified atom stereocenters. The monoisotopic (exact) mass is 395 g/mol. The summed E-state index contributed by atoms with van der Waals surface area (Å²) in [5.41, 5.74) is 2.92. The van der Waals surface area contributed by atoms with Crippen molar-refractivity contribution in [2.45, 2.75) is 33.7 Å². The van der Waals surface area contributed by atoms with Gasteiger partial charge in [0.2, 0.25) is 5.91 Å². The molecule has 1 amide bonds. The standard InChI is InChI=1S/C22H25N3O2S/c1-14-4-6-17(7-5-14)18-12-28-21-20(18)22(27)25(13-23-21)11-19(26)24-9-15(2)8-16(3)10-24/h4-7,12-13,15-16H,8-11H2,1-3H3/t15-,16-/m1/s1. The van der Waals surface area contributed by atoms with E-state index in [0.717, 1.165) is 30.6 Å². The summed E-state index contributed by atoms with van der Waals surface area (Å²) in [7, 11) is 0. The number of likely N-dealkylation sites (tertiary alicyclic amines) is 1. The van der Waals surface area contributed by atoms with Crippen LogP contribution >= 0.6 is 11.3 Å². The summed E-state index contributed by atoms with van der Waals surface area (Å²) in [6, 6.07) is 8.12. The smallest absolute Gasteiger partial charge is 0.263 e. The first-order valence-corrected chi connectivity index (χ1v) is 10.6. The molecule has 0 saturated carbocycles. The van der Waals surface area contributed by atoms with Crippen molar-refractivity contribution in [1.82, 2.24) is 14.5 Å². The Kier molecular flexibility index (Phi) is 5.06. The van der Waals surface area contributed by atoms with Crippen molar-refractivity contribution in [1.29, 1.82) is 0 Å². The molecule has 0 bridgehead atoms. The predicted molar refractivity (Wildman–Crippen MR) is 114 cm³/mol. The topological polar surface area (TPSA) is 55.2 Å². The van der Waals surface area contributed by atoms with Crippen LogP contribution in [0, 0.1) is 18.8 Å². The lowest BCUT2D eigenvalue weighted by Gasteiger charge is -2.35. The van der Waals surface area contributed by atoms with Gasteiger partial charge in [0.05, 0.1) is 11.7 Å². The number of carbonyl (C=O) groups excluding carboxylic acids is 1. The third kappa shape index (κ3) is 3.61. The third-order valence-corrected chi connectivity index (χ3v) is 6.34. The minimum atomic E-state index is -0.145. The summed E-state index contributed by atoms with van der Waals surface area (Å²) in [6.45, 7) is 7.97. The molecule has 28 heavy (non-hydrogen) atoms. The van der Waals surface area contributed by atoms with Crippen molar-refractivity contribution in [3.63, 3.8) is 0 Å². The van der Waals surface area contributed by atoms with E-state index < -0.39 is 0 Å². The Morgan fingerprint density at radius 1 is 1.18 bits per heavy atom. The van der Waals surface area contributed by atoms with Gasteiger partial charge in [-0.25, -0.2) is 4.98 Å². The van der Waals surface area contributed by atoms with Gasteiger partial charge in [-0.2, -0.15) is 0 Å². The number of hydrogen-bond acceptors (Lipinski definition) is 4. The predicted octanol–water partition coefficient (Wildman–Crippen LogP) is 3.94. The highest BCUT2D eigenvalue weighted by atomic mass is 32.1. The van der Waals surface area contributed by atoms with Crippen LogP contribution in [0.1, 0.15) is 25.8 Å². The van der Waals surface area contributed by atoms with Crippen LogP contribution in [0.25, 0.3) is 21.3 Å². The molecule has 5 nitrogen and oxygen atoms in total. The number of thiophene rings is 1. The number of aromatic nitrogens is 2. The molecule has 0 aliphatic carbocycles. The van der Waals surface area contributed by atoms with E-state index in [9.17, 15) is 9.59 Å². The van der Waals surface area contributed by atoms with E-state index in [1.807, 2.05) is 41.5 Å². The van der Waals surface area contributed by atoms with Crippen molar-refractivity contribution >= 4 is 27.5 Å². The van der Waals surface area contributed by atoms with Crippen LogP contribution in [0.4, 0.5) is 0 Å². The number of carbonyl (C=O) groups is 1. The molecule has 6 heteroatoms. The molecule has 0 N–H and O–H groups in total. The minimum absolute atomic E-state index is 0.00577. The van der Waals surface area contributed by atoms with Crippen LogP contribution in [0.5, 0.6) is 0 Å². The summed E-state index contributed by atoms with van der Waals surface area (Å²) in [5.74, 6) is 0.985. The van der Waals surface area contributed by atoms with E-state index in [-0.39, 0.29) is 18.0 Å². The number of nitrogens with zero attached hydrogens (tertiary/aromatic N) is 3. The first-order valence-electron chi connectivity index (χ1n) is 9.74. The van der Waals surface area contributed by atoms with E-state index in [1.165, 1.54) is 27.8 Å². The van der Waals surface area contributed by atoms with Crippen LogP contribution in [-0.2, 0) is 11.3 Å². The van der Waals surface area contributed by atoms with Crippen LogP contribution in [0.2, 0.25) is 0 Å². The Balaban J connectivity index is 1.66. The number of rotatable bonds is 3. The molecule has 146 valence electrons. The highest BCUT2D eigenvalue weighted by molar-refractivity contribution is 7.17. The Labute approximate surface area is 168 Å². The molecule has 1 saturated heterocycles. The number of fused-ring (bicyclic) bond motifs is 1. The van der Waals surface area contributed by atoms with E-state index in [0.29, 0.717) is 22.1 Å². The zero-order valence-corrected chi connectivity index (χ0v) is 17.3. The quantitative estimate of drug-likeness (QED) is 0.675. The molecule has 0 radical (unpaired) electrons. The molecule has 2 atom stereocenters. The molecular weight excluding hydrogens is 370 g/mol. The fourth-order valence-electron chi connectivity index (χ4n) is 4.14. The minimum Gasteiger partial charge on any atom is -0.341 e. The second kappa shape index (κ2) is 7.51. The van der Waals surface area contributed by atoms with E-state index in [2.05, 4.69) is 18.8 Å². The average molecular weight is 396 g/mol. The van der Waals surface area contributed by atoms with Crippen molar-refractivity contribution in [3.8, 4) is 11.1 Å². The van der Waals surface area contributed by atoms with Crippen molar-refractivity contribution < 1.29 is 4.79 Å². The van der Waals surface area contributed by atoms with E-state index in [1.54, 1.807) is 0 Å². The zero-order valence-electron chi connectivity index (χ0n) is 16.5. The number of hydrogen-bond donors (Lipinski definition) is 0. The molecule has 1 aliphatic rings. The maximum atomic E-state index is 13.2. The van der Waals surface area contributed by atoms with Gasteiger partial charge in [0.25, 0.3) is 5.56 Å². The van der Waals surface area contributed by atoms with Gasteiger partial charge < -0.3 is 4.90 Å². The largest absolute Gasteiger partial charge is 0.341 e. The Morgan fingerprint density at radius 3 is 2.54 bits per heavy atom. The average Bonchev–Trinajstić information content (AvgIpc) is 3.08. The summed E-state index contributed by atoms with van der Waals surface area (Å²) in [4.78, 5) is 33.0. The highest BCUT2D eigenvalue weighted by Gasteiger charge is 2.26.